The van der Waals surface area contributed by atoms with Gasteiger partial charge in [0.2, 0.25) is 0 Å². The summed E-state index contributed by atoms with van der Waals surface area (Å²) >= 11 is 8.29. The third kappa shape index (κ3) is 3.64. The van der Waals surface area contributed by atoms with Crippen LogP contribution in [0.3, 0.4) is 0 Å². The van der Waals surface area contributed by atoms with Crippen molar-refractivity contribution in [1.82, 2.24) is 0 Å². The van der Waals surface area contributed by atoms with E-state index >= 15 is 0 Å². The minimum absolute atomic E-state index is 0.693. The maximum atomic E-state index is 6.32. The van der Waals surface area contributed by atoms with Crippen LogP contribution in [-0.2, 0) is 6.42 Å². The highest BCUT2D eigenvalue weighted by Gasteiger charge is 2.17. The molecular formula is C14H20ClNS. The molecule has 0 heterocycles. The lowest BCUT2D eigenvalue weighted by atomic mass is 10.0. The van der Waals surface area contributed by atoms with Gasteiger partial charge in [0.1, 0.15) is 0 Å². The fraction of sp³-hybridized carbons (Fsp3) is 0.571. The quantitative estimate of drug-likeness (QED) is 0.884. The SMILES string of the molecule is NCCc1cccc(Cl)c1SC1CCCCC1. The van der Waals surface area contributed by atoms with Gasteiger partial charge in [0.05, 0.1) is 5.02 Å². The molecule has 1 fully saturated rings. The third-order valence-corrected chi connectivity index (χ3v) is 5.25. The van der Waals surface area contributed by atoms with E-state index in [2.05, 4.69) is 6.07 Å². The molecular weight excluding hydrogens is 250 g/mol. The zero-order valence-corrected chi connectivity index (χ0v) is 11.7. The van der Waals surface area contributed by atoms with E-state index in [4.69, 9.17) is 17.3 Å². The smallest absolute Gasteiger partial charge is 0.0544 e. The molecule has 1 saturated carbocycles. The van der Waals surface area contributed by atoms with Gasteiger partial charge in [-0.1, -0.05) is 43.0 Å². The van der Waals surface area contributed by atoms with Crippen molar-refractivity contribution in [2.45, 2.75) is 48.7 Å². The molecule has 0 radical (unpaired) electrons. The van der Waals surface area contributed by atoms with E-state index in [1.807, 2.05) is 23.9 Å². The summed E-state index contributed by atoms with van der Waals surface area (Å²) in [5.41, 5.74) is 6.98. The molecule has 0 aromatic heterocycles. The molecule has 0 aliphatic heterocycles. The van der Waals surface area contributed by atoms with E-state index in [9.17, 15) is 0 Å². The molecule has 2 N–H and O–H groups in total. The van der Waals surface area contributed by atoms with Gasteiger partial charge in [-0.2, -0.15) is 0 Å². The second-order valence-electron chi connectivity index (χ2n) is 4.64. The average Bonchev–Trinajstić information content (AvgIpc) is 2.35. The summed E-state index contributed by atoms with van der Waals surface area (Å²) in [4.78, 5) is 1.27. The first-order valence-corrected chi connectivity index (χ1v) is 7.71. The molecule has 1 nitrogen and oxygen atoms in total. The maximum absolute atomic E-state index is 6.32. The Hall–Kier alpha value is -0.180. The number of hydrogen-bond donors (Lipinski definition) is 1. The standard InChI is InChI=1S/C14H20ClNS/c15-13-8-4-5-11(9-10-16)14(13)17-12-6-2-1-3-7-12/h4-5,8,12H,1-3,6-7,9-10,16H2. The van der Waals surface area contributed by atoms with Gasteiger partial charge in [-0.15, -0.1) is 11.8 Å². The zero-order chi connectivity index (χ0) is 12.1. The predicted octanol–water partition coefficient (Wildman–Crippen LogP) is 4.27. The van der Waals surface area contributed by atoms with E-state index in [0.717, 1.165) is 16.7 Å². The Morgan fingerprint density at radius 1 is 1.24 bits per heavy atom. The topological polar surface area (TPSA) is 26.0 Å². The summed E-state index contributed by atoms with van der Waals surface area (Å²) in [5.74, 6) is 0. The Kier molecular flexibility index (Phi) is 5.20. The molecule has 0 spiro atoms. The highest BCUT2D eigenvalue weighted by molar-refractivity contribution is 8.00. The number of rotatable bonds is 4. The predicted molar refractivity (Wildman–Crippen MR) is 76.9 cm³/mol. The first-order valence-electron chi connectivity index (χ1n) is 6.45. The molecule has 1 aromatic carbocycles. The van der Waals surface area contributed by atoms with Crippen molar-refractivity contribution in [2.75, 3.05) is 6.54 Å². The molecule has 1 aliphatic rings. The van der Waals surface area contributed by atoms with Crippen LogP contribution in [0.1, 0.15) is 37.7 Å². The summed E-state index contributed by atoms with van der Waals surface area (Å²) in [6.45, 7) is 0.693. The Morgan fingerprint density at radius 3 is 2.71 bits per heavy atom. The molecule has 2 rings (SSSR count). The summed E-state index contributed by atoms with van der Waals surface area (Å²) in [6, 6.07) is 6.18. The first kappa shape index (κ1) is 13.3. The van der Waals surface area contributed by atoms with Gasteiger partial charge in [-0.25, -0.2) is 0 Å². The molecule has 0 atom stereocenters. The molecule has 0 bridgehead atoms. The molecule has 17 heavy (non-hydrogen) atoms. The lowest BCUT2D eigenvalue weighted by molar-refractivity contribution is 0.516. The van der Waals surface area contributed by atoms with E-state index in [0.29, 0.717) is 6.54 Å². The Bertz CT molecular complexity index is 361. The second kappa shape index (κ2) is 6.67. The van der Waals surface area contributed by atoms with Crippen molar-refractivity contribution < 1.29 is 0 Å². The summed E-state index contributed by atoms with van der Waals surface area (Å²) in [6.07, 6.45) is 7.73. The van der Waals surface area contributed by atoms with Gasteiger partial charge >= 0.3 is 0 Å². The zero-order valence-electron chi connectivity index (χ0n) is 10.1. The van der Waals surface area contributed by atoms with Crippen molar-refractivity contribution in [3.8, 4) is 0 Å². The summed E-state index contributed by atoms with van der Waals surface area (Å²) < 4.78 is 0. The summed E-state index contributed by atoms with van der Waals surface area (Å²) in [5, 5.41) is 1.65. The average molecular weight is 270 g/mol. The molecule has 1 aromatic rings. The van der Waals surface area contributed by atoms with Crippen LogP contribution in [0.4, 0.5) is 0 Å². The van der Waals surface area contributed by atoms with Crippen LogP contribution in [0.15, 0.2) is 23.1 Å². The van der Waals surface area contributed by atoms with Crippen LogP contribution in [0.25, 0.3) is 0 Å². The Labute approximate surface area is 113 Å². The number of nitrogens with two attached hydrogens (primary N) is 1. The largest absolute Gasteiger partial charge is 0.330 e. The Balaban J connectivity index is 2.12. The van der Waals surface area contributed by atoms with Crippen LogP contribution in [0, 0.1) is 0 Å². The fourth-order valence-corrected chi connectivity index (χ4v) is 4.12. The minimum Gasteiger partial charge on any atom is -0.330 e. The maximum Gasteiger partial charge on any atom is 0.0544 e. The van der Waals surface area contributed by atoms with Gasteiger partial charge < -0.3 is 5.73 Å². The third-order valence-electron chi connectivity index (χ3n) is 3.30. The van der Waals surface area contributed by atoms with Gasteiger partial charge in [-0.05, 0) is 37.4 Å². The van der Waals surface area contributed by atoms with E-state index in [1.54, 1.807) is 0 Å². The molecule has 0 amide bonds. The second-order valence-corrected chi connectivity index (χ2v) is 6.36. The highest BCUT2D eigenvalue weighted by atomic mass is 35.5. The summed E-state index contributed by atoms with van der Waals surface area (Å²) in [7, 11) is 0. The lowest BCUT2D eigenvalue weighted by Gasteiger charge is -2.22. The molecule has 0 saturated heterocycles. The van der Waals surface area contributed by atoms with Crippen LogP contribution in [0.2, 0.25) is 5.02 Å². The van der Waals surface area contributed by atoms with Gasteiger partial charge in [0.15, 0.2) is 0 Å². The van der Waals surface area contributed by atoms with Crippen molar-refractivity contribution >= 4 is 23.4 Å². The monoisotopic (exact) mass is 269 g/mol. The lowest BCUT2D eigenvalue weighted by Crippen LogP contribution is -2.09. The van der Waals surface area contributed by atoms with Crippen LogP contribution < -0.4 is 5.73 Å². The first-order chi connectivity index (χ1) is 8.31. The molecule has 0 unspecified atom stereocenters. The van der Waals surface area contributed by atoms with Gasteiger partial charge in [0.25, 0.3) is 0 Å². The van der Waals surface area contributed by atoms with Crippen molar-refractivity contribution in [3.63, 3.8) is 0 Å². The highest BCUT2D eigenvalue weighted by Crippen LogP contribution is 2.39. The van der Waals surface area contributed by atoms with Crippen molar-refractivity contribution in [2.24, 2.45) is 5.73 Å². The number of halogens is 1. The van der Waals surface area contributed by atoms with Crippen LogP contribution in [-0.4, -0.2) is 11.8 Å². The van der Waals surface area contributed by atoms with Gasteiger partial charge in [-0.3, -0.25) is 0 Å². The number of benzene rings is 1. The van der Waals surface area contributed by atoms with Crippen LogP contribution >= 0.6 is 23.4 Å². The van der Waals surface area contributed by atoms with E-state index in [-0.39, 0.29) is 0 Å². The van der Waals surface area contributed by atoms with Crippen molar-refractivity contribution in [3.05, 3.63) is 28.8 Å². The molecule has 94 valence electrons. The number of hydrogen-bond acceptors (Lipinski definition) is 2. The molecule has 3 heteroatoms. The minimum atomic E-state index is 0.693. The number of thioether (sulfide) groups is 1. The Morgan fingerprint density at radius 2 is 2.00 bits per heavy atom. The van der Waals surface area contributed by atoms with Gasteiger partial charge in [0, 0.05) is 10.1 Å². The molecule has 1 aliphatic carbocycles. The van der Waals surface area contributed by atoms with E-state index in [1.165, 1.54) is 42.6 Å². The fourth-order valence-electron chi connectivity index (χ4n) is 2.39. The van der Waals surface area contributed by atoms with Crippen LogP contribution in [0.5, 0.6) is 0 Å². The van der Waals surface area contributed by atoms with E-state index < -0.39 is 0 Å². The normalized spacial score (nSPS) is 17.3. The van der Waals surface area contributed by atoms with Crippen molar-refractivity contribution in [1.29, 1.82) is 0 Å².